The van der Waals surface area contributed by atoms with Crippen molar-refractivity contribution in [1.82, 2.24) is 10.6 Å². The maximum absolute atomic E-state index is 3.94. The molecule has 13 rings (SSSR count). The molecule has 0 aromatic heterocycles. The lowest BCUT2D eigenvalue weighted by atomic mass is 9.55. The van der Waals surface area contributed by atoms with Gasteiger partial charge in [-0.3, -0.25) is 0 Å². The van der Waals surface area contributed by atoms with Crippen molar-refractivity contribution >= 4 is 17.2 Å². The lowest BCUT2D eigenvalue weighted by Crippen LogP contribution is -2.56. The summed E-state index contributed by atoms with van der Waals surface area (Å²) in [6.45, 7) is 4.66. The van der Waals surface area contributed by atoms with Gasteiger partial charge in [-0.15, -0.1) is 9.24 Å². The standard InChI is InChI=1S/C50H66N2P2/c53-50(43-13-7-15-51-31-43,44-14-8-16-52-32-44)47-24-46(41-11-5-2-6-12-41)45(40-9-3-1-4-10-40)23-42(47)33-54(48-25-34-17-35(26-48)19-36(18-34)27-48)49-28-37-20-38(29-49)22-39(21-37)30-49/h1-6,9-12,23-24,34-39,43-44,51-52H,7-8,13-22,25-33,53H2. The second-order valence-electron chi connectivity index (χ2n) is 20.7. The van der Waals surface area contributed by atoms with Crippen LogP contribution in [0.1, 0.15) is 114 Å². The summed E-state index contributed by atoms with van der Waals surface area (Å²) in [4.78, 5) is 0. The van der Waals surface area contributed by atoms with Crippen LogP contribution >= 0.6 is 17.2 Å². The SMILES string of the molecule is PC(c1cc(-c2ccccc2)c(-c2ccccc2)cc1CP(C12CC3CC(CC(C3)C1)C2)C12CC3CC(CC(C3)C1)C2)(C1CCCNC1)C1CCCNC1. The highest BCUT2D eigenvalue weighted by atomic mass is 31.1. The zero-order valence-electron chi connectivity index (χ0n) is 32.9. The largest absolute Gasteiger partial charge is 0.316 e. The molecule has 3 aromatic carbocycles. The molecule has 0 spiro atoms. The summed E-state index contributed by atoms with van der Waals surface area (Å²) in [7, 11) is 3.56. The van der Waals surface area contributed by atoms with E-state index in [-0.39, 0.29) is 13.1 Å². The first-order chi connectivity index (χ1) is 26.5. The van der Waals surface area contributed by atoms with Crippen LogP contribution in [0.3, 0.4) is 0 Å². The van der Waals surface area contributed by atoms with Gasteiger partial charge in [-0.25, -0.2) is 0 Å². The van der Waals surface area contributed by atoms with E-state index in [2.05, 4.69) is 92.7 Å². The van der Waals surface area contributed by atoms with Crippen LogP contribution in [0.15, 0.2) is 72.8 Å². The molecule has 0 radical (unpaired) electrons. The van der Waals surface area contributed by atoms with Crippen LogP contribution in [0.2, 0.25) is 0 Å². The Balaban J connectivity index is 1.13. The Hall–Kier alpha value is -1.56. The van der Waals surface area contributed by atoms with Crippen LogP contribution in [0.25, 0.3) is 22.3 Å². The molecule has 8 bridgehead atoms. The van der Waals surface area contributed by atoms with Gasteiger partial charge in [0, 0.05) is 5.16 Å². The van der Waals surface area contributed by atoms with E-state index in [1.165, 1.54) is 67.2 Å². The molecule has 286 valence electrons. The summed E-state index contributed by atoms with van der Waals surface area (Å²) in [6, 6.07) is 28.7. The molecule has 3 unspecified atom stereocenters. The van der Waals surface area contributed by atoms with E-state index >= 15 is 0 Å². The molecule has 4 heteroatoms. The van der Waals surface area contributed by atoms with Gasteiger partial charge in [0.25, 0.3) is 0 Å². The van der Waals surface area contributed by atoms with E-state index in [1.807, 2.05) is 0 Å². The Labute approximate surface area is 330 Å². The maximum atomic E-state index is 3.94. The molecule has 2 saturated heterocycles. The number of benzene rings is 3. The minimum absolute atomic E-state index is 0.0544. The quantitative estimate of drug-likeness (QED) is 0.213. The van der Waals surface area contributed by atoms with Crippen molar-refractivity contribution in [1.29, 1.82) is 0 Å². The molecule has 3 aromatic rings. The summed E-state index contributed by atoms with van der Waals surface area (Å²) in [6.07, 6.45) is 25.6. The highest BCUT2D eigenvalue weighted by Gasteiger charge is 2.62. The second kappa shape index (κ2) is 14.1. The van der Waals surface area contributed by atoms with E-state index in [1.54, 1.807) is 88.2 Å². The lowest BCUT2D eigenvalue weighted by molar-refractivity contribution is 0.0184. The Morgan fingerprint density at radius 3 is 1.37 bits per heavy atom. The van der Waals surface area contributed by atoms with Crippen molar-refractivity contribution in [2.45, 2.75) is 124 Å². The van der Waals surface area contributed by atoms with Gasteiger partial charge in [-0.1, -0.05) is 68.6 Å². The summed E-state index contributed by atoms with van der Waals surface area (Å²) >= 11 is 0. The van der Waals surface area contributed by atoms with Crippen molar-refractivity contribution in [2.75, 3.05) is 26.2 Å². The fourth-order valence-electron chi connectivity index (χ4n) is 16.0. The van der Waals surface area contributed by atoms with E-state index in [0.717, 1.165) is 48.6 Å². The minimum atomic E-state index is -0.169. The van der Waals surface area contributed by atoms with E-state index in [9.17, 15) is 0 Å². The van der Waals surface area contributed by atoms with Crippen LogP contribution in [0.4, 0.5) is 0 Å². The fourth-order valence-corrected chi connectivity index (χ4v) is 22.0. The van der Waals surface area contributed by atoms with Gasteiger partial charge < -0.3 is 10.6 Å². The number of hydrogen-bond acceptors (Lipinski definition) is 2. The molecule has 2 aliphatic heterocycles. The summed E-state index contributed by atoms with van der Waals surface area (Å²) < 4.78 is 0. The Bertz CT molecular complexity index is 1670. The molecule has 8 saturated carbocycles. The molecule has 3 atom stereocenters. The molecule has 2 N–H and O–H groups in total. The van der Waals surface area contributed by atoms with Gasteiger partial charge in [-0.05, 0) is 238 Å². The topological polar surface area (TPSA) is 24.1 Å². The number of nitrogens with one attached hydrogen (secondary N) is 2. The van der Waals surface area contributed by atoms with E-state index in [4.69, 9.17) is 0 Å². The number of hydrogen-bond donors (Lipinski definition) is 2. The van der Waals surface area contributed by atoms with Gasteiger partial charge in [0.05, 0.1) is 0 Å². The fraction of sp³-hybridized carbons (Fsp3) is 0.640. The van der Waals surface area contributed by atoms with Gasteiger partial charge >= 0.3 is 0 Å². The second-order valence-corrected chi connectivity index (χ2v) is 24.7. The molecule has 8 aliphatic carbocycles. The van der Waals surface area contributed by atoms with Gasteiger partial charge in [0.1, 0.15) is 0 Å². The van der Waals surface area contributed by atoms with Crippen LogP contribution in [0.5, 0.6) is 0 Å². The Morgan fingerprint density at radius 1 is 0.574 bits per heavy atom. The number of rotatable bonds is 9. The van der Waals surface area contributed by atoms with E-state index < -0.39 is 0 Å². The molecular formula is C50H66N2P2. The van der Waals surface area contributed by atoms with Crippen LogP contribution in [0, 0.1) is 47.3 Å². The van der Waals surface area contributed by atoms with Crippen molar-refractivity contribution < 1.29 is 0 Å². The normalized spacial score (nSPS) is 39.7. The third-order valence-electron chi connectivity index (χ3n) is 17.3. The predicted molar refractivity (Wildman–Crippen MR) is 232 cm³/mol. The Morgan fingerprint density at radius 2 is 0.981 bits per heavy atom. The molecule has 10 aliphatic rings. The molecule has 2 heterocycles. The summed E-state index contributed by atoms with van der Waals surface area (Å²) in [5.41, 5.74) is 9.21. The monoisotopic (exact) mass is 756 g/mol. The maximum Gasteiger partial charge on any atom is 0.0181 e. The van der Waals surface area contributed by atoms with Crippen LogP contribution in [-0.4, -0.2) is 36.5 Å². The third kappa shape index (κ3) is 6.08. The molecule has 2 nitrogen and oxygen atoms in total. The van der Waals surface area contributed by atoms with Crippen LogP contribution < -0.4 is 10.6 Å². The van der Waals surface area contributed by atoms with Crippen molar-refractivity contribution in [3.05, 3.63) is 83.9 Å². The van der Waals surface area contributed by atoms with Gasteiger partial charge in [0.2, 0.25) is 0 Å². The Kier molecular flexibility index (Phi) is 9.27. The first-order valence-corrected chi connectivity index (χ1v) is 24.8. The molecule has 10 fully saturated rings. The van der Waals surface area contributed by atoms with E-state index in [0.29, 0.717) is 22.1 Å². The van der Waals surface area contributed by atoms with Crippen molar-refractivity contribution in [3.8, 4) is 22.3 Å². The van der Waals surface area contributed by atoms with Gasteiger partial charge in [0.15, 0.2) is 0 Å². The smallest absolute Gasteiger partial charge is 0.0181 e. The highest BCUT2D eigenvalue weighted by molar-refractivity contribution is 7.60. The third-order valence-corrected chi connectivity index (χ3v) is 22.6. The molecule has 0 amide bonds. The highest BCUT2D eigenvalue weighted by Crippen LogP contribution is 2.80. The average molecular weight is 757 g/mol. The summed E-state index contributed by atoms with van der Waals surface area (Å²) in [5.74, 6) is 7.42. The zero-order valence-corrected chi connectivity index (χ0v) is 35.0. The zero-order chi connectivity index (χ0) is 35.9. The predicted octanol–water partition coefficient (Wildman–Crippen LogP) is 12.0. The molecular weight excluding hydrogens is 691 g/mol. The summed E-state index contributed by atoms with van der Waals surface area (Å²) in [5, 5.41) is 9.19. The van der Waals surface area contributed by atoms with Crippen LogP contribution in [-0.2, 0) is 11.3 Å². The van der Waals surface area contributed by atoms with Crippen molar-refractivity contribution in [3.63, 3.8) is 0 Å². The first-order valence-electron chi connectivity index (χ1n) is 22.7. The van der Waals surface area contributed by atoms with Crippen molar-refractivity contribution in [2.24, 2.45) is 47.3 Å². The average Bonchev–Trinajstić information content (AvgIpc) is 3.19. The van der Waals surface area contributed by atoms with Gasteiger partial charge in [-0.2, -0.15) is 0 Å². The lowest BCUT2D eigenvalue weighted by Gasteiger charge is -2.67. The number of piperidine rings is 2. The molecule has 54 heavy (non-hydrogen) atoms. The first kappa shape index (κ1) is 35.6. The minimum Gasteiger partial charge on any atom is -0.316 e.